The van der Waals surface area contributed by atoms with Crippen molar-refractivity contribution in [3.63, 3.8) is 0 Å². The first-order valence-corrected chi connectivity index (χ1v) is 24.2. The minimum Gasteiger partial charge on any atom is -0.543 e. The number of nitrogens with zero attached hydrogens (tertiary/aromatic N) is 1. The lowest BCUT2D eigenvalue weighted by molar-refractivity contribution is -0.384. The maximum absolute atomic E-state index is 14.2. The van der Waals surface area contributed by atoms with E-state index in [0.29, 0.717) is 28.2 Å². The summed E-state index contributed by atoms with van der Waals surface area (Å²) in [5, 5.41) is 13.4. The molecule has 0 fully saturated rings. The number of esters is 2. The van der Waals surface area contributed by atoms with Crippen molar-refractivity contribution in [1.82, 2.24) is 5.32 Å². The number of ether oxygens (including phenoxy) is 3. The molecule has 0 saturated heterocycles. The van der Waals surface area contributed by atoms with Gasteiger partial charge in [0.15, 0.2) is 0 Å². The molecule has 1 amide bonds. The van der Waals surface area contributed by atoms with Crippen LogP contribution in [0.1, 0.15) is 89.4 Å². The first-order chi connectivity index (χ1) is 23.6. The molecule has 0 unspecified atom stereocenters. The minimum absolute atomic E-state index is 0.0699. The number of hydrogen-bond acceptors (Lipinski definition) is 11. The van der Waals surface area contributed by atoms with Crippen LogP contribution in [0.4, 0.5) is 10.5 Å². The van der Waals surface area contributed by atoms with Crippen molar-refractivity contribution in [3.05, 3.63) is 62.7 Å². The first-order valence-electron chi connectivity index (χ1n) is 17.2. The van der Waals surface area contributed by atoms with E-state index < -0.39 is 51.2 Å². The van der Waals surface area contributed by atoms with Gasteiger partial charge in [-0.05, 0) is 81.7 Å². The van der Waals surface area contributed by atoms with E-state index >= 15 is 0 Å². The monoisotopic (exact) mass is 778 g/mol. The van der Waals surface area contributed by atoms with Gasteiger partial charge in [-0.3, -0.25) is 10.1 Å². The summed E-state index contributed by atoms with van der Waals surface area (Å²) < 4.78 is 30.0. The van der Waals surface area contributed by atoms with E-state index in [1.165, 1.54) is 31.0 Å². The molecule has 0 aromatic heterocycles. The Morgan fingerprint density at radius 1 is 0.885 bits per heavy atom. The number of thioether (sulfide) groups is 1. The van der Waals surface area contributed by atoms with Crippen LogP contribution in [-0.2, 0) is 31.4 Å². The molecule has 0 saturated carbocycles. The molecule has 0 aliphatic heterocycles. The van der Waals surface area contributed by atoms with E-state index in [1.807, 2.05) is 13.0 Å². The molecular weight excluding hydrogens is 721 g/mol. The number of nitrogens with one attached hydrogen (secondary N) is 1. The number of carbonyl (C=O) groups is 3. The molecule has 0 radical (unpaired) electrons. The first kappa shape index (κ1) is 44.6. The van der Waals surface area contributed by atoms with Gasteiger partial charge in [0.1, 0.15) is 29.7 Å². The predicted molar refractivity (Wildman–Crippen MR) is 210 cm³/mol. The maximum Gasteiger partial charge on any atom is 0.408 e. The Kier molecular flexibility index (Phi) is 14.6. The van der Waals surface area contributed by atoms with Crippen molar-refractivity contribution in [2.24, 2.45) is 0 Å². The summed E-state index contributed by atoms with van der Waals surface area (Å²) in [4.78, 5) is 50.2. The van der Waals surface area contributed by atoms with E-state index in [-0.39, 0.29) is 39.4 Å². The fourth-order valence-corrected chi connectivity index (χ4v) is 7.40. The fourth-order valence-electron chi connectivity index (χ4n) is 4.23. The normalized spacial score (nSPS) is 13.1. The lowest BCUT2D eigenvalue weighted by Crippen LogP contribution is -2.45. The van der Waals surface area contributed by atoms with Gasteiger partial charge in [-0.2, -0.15) is 11.8 Å². The highest BCUT2D eigenvalue weighted by molar-refractivity contribution is 7.98. The number of alkyl carbamates (subject to hydrolysis) is 1. The van der Waals surface area contributed by atoms with Crippen LogP contribution in [0.5, 0.6) is 11.5 Å². The Bertz CT molecular complexity index is 1610. The SMILES string of the molecule is COC(=O)[C@H](CSCc1c(O[Si](C)(C)C(C)(C)C)cc(O[Si](C)(C)C(C)(C)C)c(C)c1C(=O)OCc1ccc([N+](=O)[O-])cc1)NC(=O)OC(C)(C)C. The van der Waals surface area contributed by atoms with Crippen LogP contribution in [0.15, 0.2) is 30.3 Å². The van der Waals surface area contributed by atoms with Gasteiger partial charge in [0, 0.05) is 40.8 Å². The molecule has 2 aromatic carbocycles. The zero-order valence-electron chi connectivity index (χ0n) is 33.5. The summed E-state index contributed by atoms with van der Waals surface area (Å²) in [5.41, 5.74) is 1.14. The number of benzene rings is 2. The topological polar surface area (TPSA) is 153 Å². The number of hydrogen-bond donors (Lipinski definition) is 1. The lowest BCUT2D eigenvalue weighted by atomic mass is 10.0. The summed E-state index contributed by atoms with van der Waals surface area (Å²) in [5.74, 6) is 0.0446. The molecule has 1 atom stereocenters. The Morgan fingerprint density at radius 2 is 1.40 bits per heavy atom. The lowest BCUT2D eigenvalue weighted by Gasteiger charge is -2.39. The largest absolute Gasteiger partial charge is 0.543 e. The van der Waals surface area contributed by atoms with Gasteiger partial charge in [-0.25, -0.2) is 14.4 Å². The van der Waals surface area contributed by atoms with Crippen molar-refractivity contribution in [1.29, 1.82) is 0 Å². The number of nitro groups is 1. The highest BCUT2D eigenvalue weighted by Gasteiger charge is 2.42. The summed E-state index contributed by atoms with van der Waals surface area (Å²) in [6, 6.07) is 6.65. The average molecular weight is 779 g/mol. The van der Waals surface area contributed by atoms with Crippen LogP contribution < -0.4 is 14.2 Å². The van der Waals surface area contributed by atoms with Gasteiger partial charge in [-0.15, -0.1) is 0 Å². The predicted octanol–water partition coefficient (Wildman–Crippen LogP) is 9.33. The second-order valence-electron chi connectivity index (χ2n) is 16.8. The van der Waals surface area contributed by atoms with Crippen LogP contribution in [0.3, 0.4) is 0 Å². The Morgan fingerprint density at radius 3 is 1.87 bits per heavy atom. The molecule has 2 rings (SSSR count). The molecule has 0 aliphatic rings. The molecular formula is C37H58N2O10SSi2. The molecule has 2 aromatic rings. The van der Waals surface area contributed by atoms with Gasteiger partial charge < -0.3 is 28.4 Å². The van der Waals surface area contributed by atoms with Gasteiger partial charge in [0.05, 0.1) is 17.6 Å². The van der Waals surface area contributed by atoms with Crippen molar-refractivity contribution >= 4 is 52.1 Å². The summed E-state index contributed by atoms with van der Waals surface area (Å²) in [7, 11) is -3.66. The van der Waals surface area contributed by atoms with Crippen LogP contribution in [0.25, 0.3) is 0 Å². The van der Waals surface area contributed by atoms with E-state index in [1.54, 1.807) is 32.9 Å². The number of amides is 1. The third kappa shape index (κ3) is 12.3. The molecule has 0 aliphatic carbocycles. The standard InChI is InChI=1S/C37H58N2O10SSi2/c1-24-29(48-51(12,13)36(5,6)7)20-30(49-52(14,15)37(8,9)10)27(22-50-23-28(32(40)45-11)38-34(42)47-35(2,3)4)31(24)33(41)46-21-25-16-18-26(19-17-25)39(43)44/h16-20,28H,21-23H2,1-15H3,(H,38,42)/t28-/m0/s1. The number of nitro benzene ring substituents is 1. The number of carbonyl (C=O) groups excluding carboxylic acids is 3. The average Bonchev–Trinajstić information content (AvgIpc) is 2.98. The van der Waals surface area contributed by atoms with Gasteiger partial charge in [-0.1, -0.05) is 41.5 Å². The number of methoxy groups -OCH3 is 1. The molecule has 15 heteroatoms. The second kappa shape index (κ2) is 17.1. The van der Waals surface area contributed by atoms with Crippen molar-refractivity contribution in [2.75, 3.05) is 12.9 Å². The maximum atomic E-state index is 14.2. The van der Waals surface area contributed by atoms with Crippen LogP contribution >= 0.6 is 11.8 Å². The van der Waals surface area contributed by atoms with Gasteiger partial charge >= 0.3 is 18.0 Å². The third-order valence-corrected chi connectivity index (χ3v) is 19.1. The fraction of sp³-hybridized carbons (Fsp3) is 0.595. The second-order valence-corrected chi connectivity index (χ2v) is 27.3. The smallest absolute Gasteiger partial charge is 0.408 e. The molecule has 0 spiro atoms. The summed E-state index contributed by atoms with van der Waals surface area (Å²) in [6.45, 7) is 28.1. The Labute approximate surface area is 315 Å². The van der Waals surface area contributed by atoms with Crippen LogP contribution in [0, 0.1) is 17.0 Å². The van der Waals surface area contributed by atoms with E-state index in [0.717, 1.165) is 0 Å². The van der Waals surface area contributed by atoms with E-state index in [2.05, 4.69) is 73.0 Å². The highest BCUT2D eigenvalue weighted by atomic mass is 32.2. The molecule has 1 N–H and O–H groups in total. The van der Waals surface area contributed by atoms with Crippen molar-refractivity contribution in [3.8, 4) is 11.5 Å². The Hall–Kier alpha value is -3.57. The molecule has 12 nitrogen and oxygen atoms in total. The zero-order chi connectivity index (χ0) is 40.0. The molecule has 0 heterocycles. The van der Waals surface area contributed by atoms with E-state index in [9.17, 15) is 24.5 Å². The third-order valence-electron chi connectivity index (χ3n) is 9.38. The van der Waals surface area contributed by atoms with Crippen molar-refractivity contribution < 1.29 is 42.4 Å². The van der Waals surface area contributed by atoms with Crippen LogP contribution in [0.2, 0.25) is 36.3 Å². The van der Waals surface area contributed by atoms with Crippen molar-refractivity contribution in [2.45, 2.75) is 130 Å². The summed E-state index contributed by atoms with van der Waals surface area (Å²) >= 11 is 1.31. The minimum atomic E-state index is -2.49. The number of non-ortho nitro benzene ring substituents is 1. The van der Waals surface area contributed by atoms with E-state index in [4.69, 9.17) is 23.1 Å². The highest BCUT2D eigenvalue weighted by Crippen LogP contribution is 2.45. The van der Waals surface area contributed by atoms with Crippen LogP contribution in [-0.4, -0.2) is 64.1 Å². The number of rotatable bonds is 14. The van der Waals surface area contributed by atoms with Gasteiger partial charge in [0.25, 0.3) is 5.69 Å². The molecule has 0 bridgehead atoms. The zero-order valence-corrected chi connectivity index (χ0v) is 36.3. The summed E-state index contributed by atoms with van der Waals surface area (Å²) in [6.07, 6.45) is -0.760. The molecule has 52 heavy (non-hydrogen) atoms. The quantitative estimate of drug-likeness (QED) is 0.0642. The Balaban J connectivity index is 2.71. The van der Waals surface area contributed by atoms with Gasteiger partial charge in [0.2, 0.25) is 16.6 Å². The molecule has 290 valence electrons.